The molecule has 7 nitrogen and oxygen atoms in total. The third-order valence-corrected chi connectivity index (χ3v) is 4.18. The van der Waals surface area contributed by atoms with Gasteiger partial charge in [-0.25, -0.2) is 4.79 Å². The molecule has 0 aromatic carbocycles. The van der Waals surface area contributed by atoms with Gasteiger partial charge in [0.25, 0.3) is 0 Å². The van der Waals surface area contributed by atoms with Crippen molar-refractivity contribution in [2.75, 3.05) is 33.6 Å². The summed E-state index contributed by atoms with van der Waals surface area (Å²) in [7, 11) is -0.575. The Morgan fingerprint density at radius 2 is 1.71 bits per heavy atom. The minimum absolute atomic E-state index is 0.0616. The van der Waals surface area contributed by atoms with E-state index in [9.17, 15) is 9.36 Å². The monoisotopic (exact) mass is 322 g/mol. The van der Waals surface area contributed by atoms with Crippen LogP contribution in [-0.4, -0.2) is 39.8 Å². The Morgan fingerprint density at radius 1 is 1.14 bits per heavy atom. The van der Waals surface area contributed by atoms with Crippen LogP contribution in [0.4, 0.5) is 4.79 Å². The van der Waals surface area contributed by atoms with Crippen molar-refractivity contribution in [2.45, 2.75) is 20.8 Å². The van der Waals surface area contributed by atoms with Crippen molar-refractivity contribution < 1.29 is 32.6 Å². The quantitative estimate of drug-likeness (QED) is 0.278. The van der Waals surface area contributed by atoms with Gasteiger partial charge in [0, 0.05) is 0 Å². The van der Waals surface area contributed by atoms with Crippen LogP contribution in [-0.2, 0) is 27.8 Å². The van der Waals surface area contributed by atoms with Gasteiger partial charge in [-0.1, -0.05) is 6.08 Å². The number of allylic oxidation sites excluding steroid dienone is 2. The molecule has 0 atom stereocenters. The largest absolute Gasteiger partial charge is 0.513 e. The number of ether oxygens (including phenoxy) is 3. The lowest BCUT2D eigenvalue weighted by Crippen LogP contribution is -2.06. The van der Waals surface area contributed by atoms with E-state index in [4.69, 9.17) is 18.5 Å². The molecule has 0 spiro atoms. The fraction of sp³-hybridized carbons (Fsp3) is 0.615. The van der Waals surface area contributed by atoms with E-state index in [0.717, 1.165) is 0 Å². The van der Waals surface area contributed by atoms with Gasteiger partial charge in [0.2, 0.25) is 0 Å². The van der Waals surface area contributed by atoms with Gasteiger partial charge in [0.1, 0.15) is 6.26 Å². The van der Waals surface area contributed by atoms with E-state index in [-0.39, 0.29) is 25.1 Å². The normalized spacial score (nSPS) is 13.0. The molecule has 0 bridgehead atoms. The Balaban J connectivity index is 4.99. The van der Waals surface area contributed by atoms with Crippen molar-refractivity contribution in [1.82, 2.24) is 0 Å². The van der Waals surface area contributed by atoms with E-state index in [2.05, 4.69) is 4.74 Å². The first-order chi connectivity index (χ1) is 9.92. The molecule has 8 heteroatoms. The van der Waals surface area contributed by atoms with Gasteiger partial charge in [-0.05, 0) is 26.3 Å². The van der Waals surface area contributed by atoms with E-state index < -0.39 is 13.8 Å². The van der Waals surface area contributed by atoms with E-state index in [1.807, 2.05) is 0 Å². The highest BCUT2D eigenvalue weighted by molar-refractivity contribution is 7.54. The van der Waals surface area contributed by atoms with Gasteiger partial charge < -0.3 is 23.3 Å². The van der Waals surface area contributed by atoms with E-state index in [0.29, 0.717) is 5.57 Å². The maximum Gasteiger partial charge on any atom is 0.513 e. The Hall–Kier alpha value is -1.30. The summed E-state index contributed by atoms with van der Waals surface area (Å²) < 4.78 is 36.8. The maximum atomic E-state index is 12.3. The molecule has 0 aromatic rings. The summed E-state index contributed by atoms with van der Waals surface area (Å²) in [6.07, 6.45) is 2.03. The second kappa shape index (κ2) is 10.4. The summed E-state index contributed by atoms with van der Waals surface area (Å²) in [6.45, 7) is 5.71. The lowest BCUT2D eigenvalue weighted by Gasteiger charge is -2.15. The lowest BCUT2D eigenvalue weighted by molar-refractivity contribution is 0.0960. The molecule has 0 unspecified atom stereocenters. The molecule has 0 saturated heterocycles. The van der Waals surface area contributed by atoms with Crippen LogP contribution >= 0.6 is 7.60 Å². The van der Waals surface area contributed by atoms with Gasteiger partial charge in [-0.3, -0.25) is 4.57 Å². The van der Waals surface area contributed by atoms with Gasteiger partial charge in [0.05, 0.1) is 33.6 Å². The van der Waals surface area contributed by atoms with Crippen molar-refractivity contribution in [3.05, 3.63) is 23.7 Å². The molecule has 0 aromatic heterocycles. The number of carbonyl (C=O) groups excluding carboxylic acids is 1. The molecule has 0 aliphatic carbocycles. The van der Waals surface area contributed by atoms with Gasteiger partial charge in [0.15, 0.2) is 5.76 Å². The molecule has 0 heterocycles. The molecular formula is C13H23O7P. The Morgan fingerprint density at radius 3 is 2.14 bits per heavy atom. The van der Waals surface area contributed by atoms with Crippen LogP contribution in [0.2, 0.25) is 0 Å². The van der Waals surface area contributed by atoms with E-state index in [1.54, 1.807) is 26.8 Å². The van der Waals surface area contributed by atoms with Crippen LogP contribution in [0.5, 0.6) is 0 Å². The third kappa shape index (κ3) is 7.90. The molecule has 0 amide bonds. The first-order valence-electron chi connectivity index (χ1n) is 6.46. The summed E-state index contributed by atoms with van der Waals surface area (Å²) in [4.78, 5) is 11.1. The second-order valence-electron chi connectivity index (χ2n) is 3.79. The summed E-state index contributed by atoms with van der Waals surface area (Å²) in [5.41, 5.74) is 0.543. The van der Waals surface area contributed by atoms with Crippen LogP contribution in [0.15, 0.2) is 23.7 Å². The van der Waals surface area contributed by atoms with Crippen molar-refractivity contribution in [2.24, 2.45) is 0 Å². The first kappa shape index (κ1) is 19.7. The fourth-order valence-corrected chi connectivity index (χ4v) is 2.89. The average Bonchev–Trinajstić information content (AvgIpc) is 2.44. The van der Waals surface area contributed by atoms with Crippen LogP contribution in [0.25, 0.3) is 0 Å². The molecule has 0 saturated carbocycles. The van der Waals surface area contributed by atoms with E-state index in [1.165, 1.54) is 20.5 Å². The number of rotatable bonds is 9. The minimum Gasteiger partial charge on any atom is -0.500 e. The molecule has 0 aliphatic heterocycles. The van der Waals surface area contributed by atoms with Gasteiger partial charge >= 0.3 is 13.8 Å². The molecule has 122 valence electrons. The predicted molar refractivity (Wildman–Crippen MR) is 78.1 cm³/mol. The molecule has 0 aliphatic rings. The summed E-state index contributed by atoms with van der Waals surface area (Å²) in [5.74, 6) is 0.156. The lowest BCUT2D eigenvalue weighted by atomic mass is 10.2. The summed E-state index contributed by atoms with van der Waals surface area (Å²) >= 11 is 0. The number of hydrogen-bond donors (Lipinski definition) is 0. The zero-order chi connectivity index (χ0) is 16.3. The van der Waals surface area contributed by atoms with Gasteiger partial charge in [-0.15, -0.1) is 0 Å². The summed E-state index contributed by atoms with van der Waals surface area (Å²) in [6, 6.07) is 0. The van der Waals surface area contributed by atoms with Crippen LogP contribution in [0, 0.1) is 0 Å². The highest BCUT2D eigenvalue weighted by Crippen LogP contribution is 2.48. The number of hydrogen-bond acceptors (Lipinski definition) is 7. The maximum absolute atomic E-state index is 12.3. The zero-order valence-corrected chi connectivity index (χ0v) is 14.0. The van der Waals surface area contributed by atoms with Crippen molar-refractivity contribution in [3.8, 4) is 0 Å². The average molecular weight is 322 g/mol. The third-order valence-electron chi connectivity index (χ3n) is 2.25. The smallest absolute Gasteiger partial charge is 0.500 e. The predicted octanol–water partition coefficient (Wildman–Crippen LogP) is 3.47. The fourth-order valence-electron chi connectivity index (χ4n) is 1.32. The molecule has 0 radical (unpaired) electrons. The minimum atomic E-state index is -3.19. The van der Waals surface area contributed by atoms with Crippen molar-refractivity contribution in [1.29, 1.82) is 0 Å². The molecule has 0 fully saturated rings. The number of carbonyl (C=O) groups is 1. The molecule has 0 N–H and O–H groups in total. The Bertz CT molecular complexity index is 418. The molecule has 21 heavy (non-hydrogen) atoms. The van der Waals surface area contributed by atoms with Gasteiger partial charge in [-0.2, -0.15) is 0 Å². The second-order valence-corrected chi connectivity index (χ2v) is 5.89. The topological polar surface area (TPSA) is 80.3 Å². The number of methoxy groups -OCH3 is 2. The standard InChI is InChI=1S/C13H23O7P/c1-6-18-21(15,19-7-2)9-8-11(3)12(10-16-4)20-13(14)17-5/h8,10H,6-7,9H2,1-5H3. The van der Waals surface area contributed by atoms with Crippen LogP contribution < -0.4 is 0 Å². The Labute approximate surface area is 125 Å². The highest BCUT2D eigenvalue weighted by atomic mass is 31.2. The van der Waals surface area contributed by atoms with Crippen molar-refractivity contribution >= 4 is 13.8 Å². The van der Waals surface area contributed by atoms with E-state index >= 15 is 0 Å². The zero-order valence-electron chi connectivity index (χ0n) is 13.1. The summed E-state index contributed by atoms with van der Waals surface area (Å²) in [5, 5.41) is 0. The molecule has 0 rings (SSSR count). The SMILES string of the molecule is CCOP(=O)(CC=C(C)C(=COC)OC(=O)OC)OCC. The Kier molecular flexibility index (Phi) is 9.78. The van der Waals surface area contributed by atoms with Crippen LogP contribution in [0.3, 0.4) is 0 Å². The van der Waals surface area contributed by atoms with Crippen LogP contribution in [0.1, 0.15) is 20.8 Å². The molecular weight excluding hydrogens is 299 g/mol. The first-order valence-corrected chi connectivity index (χ1v) is 8.19. The highest BCUT2D eigenvalue weighted by Gasteiger charge is 2.22. The van der Waals surface area contributed by atoms with Crippen molar-refractivity contribution in [3.63, 3.8) is 0 Å².